The van der Waals surface area contributed by atoms with Crippen LogP contribution in [0.1, 0.15) is 49.8 Å². The highest BCUT2D eigenvalue weighted by Crippen LogP contribution is 2.30. The highest BCUT2D eigenvalue weighted by molar-refractivity contribution is 6.30. The number of hydrogen-bond acceptors (Lipinski definition) is 3. The molecule has 106 valence electrons. The molecule has 1 fully saturated rings. The van der Waals surface area contributed by atoms with Gasteiger partial charge in [0.2, 0.25) is 0 Å². The summed E-state index contributed by atoms with van der Waals surface area (Å²) < 4.78 is 1.61. The number of aromatic nitrogens is 2. The SMILES string of the molecule is Cc1nn(C)c(Cl)c1CC(=O)CC1(N)CCCCC1. The van der Waals surface area contributed by atoms with Crippen LogP contribution in [0.4, 0.5) is 0 Å². The third-order valence-corrected chi connectivity index (χ3v) is 4.52. The van der Waals surface area contributed by atoms with E-state index in [0.717, 1.165) is 36.9 Å². The van der Waals surface area contributed by atoms with Gasteiger partial charge in [0, 0.05) is 31.0 Å². The van der Waals surface area contributed by atoms with Gasteiger partial charge < -0.3 is 5.73 Å². The Morgan fingerprint density at radius 1 is 1.42 bits per heavy atom. The first kappa shape index (κ1) is 14.5. The molecule has 0 atom stereocenters. The van der Waals surface area contributed by atoms with E-state index in [1.54, 1.807) is 11.7 Å². The van der Waals surface area contributed by atoms with E-state index in [1.165, 1.54) is 6.42 Å². The van der Waals surface area contributed by atoms with Crippen molar-refractivity contribution in [3.63, 3.8) is 0 Å². The fourth-order valence-electron chi connectivity index (χ4n) is 2.96. The zero-order valence-electron chi connectivity index (χ0n) is 11.7. The second kappa shape index (κ2) is 5.63. The average molecular weight is 284 g/mol. The van der Waals surface area contributed by atoms with Gasteiger partial charge in [0.15, 0.2) is 0 Å². The fourth-order valence-corrected chi connectivity index (χ4v) is 3.20. The first-order valence-electron chi connectivity index (χ1n) is 6.90. The molecule has 1 aromatic heterocycles. The Morgan fingerprint density at radius 2 is 2.05 bits per heavy atom. The van der Waals surface area contributed by atoms with Crippen LogP contribution in [0.5, 0.6) is 0 Å². The lowest BCUT2D eigenvalue weighted by Gasteiger charge is -2.32. The molecule has 4 nitrogen and oxygen atoms in total. The van der Waals surface area contributed by atoms with Gasteiger partial charge in [0.05, 0.1) is 5.69 Å². The number of ketones is 1. The Bertz CT molecular complexity index is 475. The zero-order valence-corrected chi connectivity index (χ0v) is 12.5. The Morgan fingerprint density at radius 3 is 2.58 bits per heavy atom. The largest absolute Gasteiger partial charge is 0.325 e. The van der Waals surface area contributed by atoms with Crippen LogP contribution < -0.4 is 5.73 Å². The molecule has 1 aliphatic carbocycles. The summed E-state index contributed by atoms with van der Waals surface area (Å²) in [5.41, 5.74) is 7.70. The molecule has 0 spiro atoms. The van der Waals surface area contributed by atoms with E-state index in [1.807, 2.05) is 6.92 Å². The van der Waals surface area contributed by atoms with E-state index < -0.39 is 0 Å². The lowest BCUT2D eigenvalue weighted by molar-refractivity contribution is -0.119. The van der Waals surface area contributed by atoms with Gasteiger partial charge in [-0.1, -0.05) is 30.9 Å². The average Bonchev–Trinajstić information content (AvgIpc) is 2.56. The van der Waals surface area contributed by atoms with Crippen molar-refractivity contribution in [3.05, 3.63) is 16.4 Å². The molecular weight excluding hydrogens is 262 g/mol. The number of rotatable bonds is 4. The maximum atomic E-state index is 12.2. The van der Waals surface area contributed by atoms with E-state index in [0.29, 0.717) is 18.0 Å². The van der Waals surface area contributed by atoms with Crippen LogP contribution in [0.25, 0.3) is 0 Å². The van der Waals surface area contributed by atoms with Crippen LogP contribution in [-0.2, 0) is 18.3 Å². The lowest BCUT2D eigenvalue weighted by Crippen LogP contribution is -2.43. The molecule has 0 amide bonds. The molecule has 0 bridgehead atoms. The molecule has 1 saturated carbocycles. The summed E-state index contributed by atoms with van der Waals surface area (Å²) in [5.74, 6) is 0.169. The summed E-state index contributed by atoms with van der Waals surface area (Å²) in [6.07, 6.45) is 6.22. The van der Waals surface area contributed by atoms with Crippen molar-refractivity contribution in [2.24, 2.45) is 12.8 Å². The molecule has 0 aliphatic heterocycles. The Kier molecular flexibility index (Phi) is 4.31. The molecule has 2 N–H and O–H groups in total. The van der Waals surface area contributed by atoms with E-state index in [-0.39, 0.29) is 11.3 Å². The van der Waals surface area contributed by atoms with Crippen LogP contribution in [-0.4, -0.2) is 21.1 Å². The van der Waals surface area contributed by atoms with Crippen LogP contribution in [0.15, 0.2) is 0 Å². The van der Waals surface area contributed by atoms with Gasteiger partial charge in [0.1, 0.15) is 10.9 Å². The molecule has 0 saturated heterocycles. The van der Waals surface area contributed by atoms with Crippen LogP contribution >= 0.6 is 11.6 Å². The predicted molar refractivity (Wildman–Crippen MR) is 76.3 cm³/mol. The fraction of sp³-hybridized carbons (Fsp3) is 0.714. The van der Waals surface area contributed by atoms with Gasteiger partial charge >= 0.3 is 0 Å². The number of aryl methyl sites for hydroxylation is 2. The van der Waals surface area contributed by atoms with Crippen molar-refractivity contribution in [3.8, 4) is 0 Å². The van der Waals surface area contributed by atoms with Crippen LogP contribution in [0, 0.1) is 6.92 Å². The van der Waals surface area contributed by atoms with Gasteiger partial charge in [-0.25, -0.2) is 0 Å². The number of carbonyl (C=O) groups is 1. The normalized spacial score (nSPS) is 18.5. The van der Waals surface area contributed by atoms with Crippen molar-refractivity contribution >= 4 is 17.4 Å². The summed E-state index contributed by atoms with van der Waals surface area (Å²) in [6.45, 7) is 1.88. The molecule has 2 rings (SSSR count). The van der Waals surface area contributed by atoms with Gasteiger partial charge in [-0.15, -0.1) is 0 Å². The van der Waals surface area contributed by atoms with Crippen molar-refractivity contribution in [1.29, 1.82) is 0 Å². The van der Waals surface area contributed by atoms with E-state index >= 15 is 0 Å². The molecule has 0 unspecified atom stereocenters. The Hall–Kier alpha value is -0.870. The summed E-state index contributed by atoms with van der Waals surface area (Å²) in [6, 6.07) is 0. The minimum atomic E-state index is -0.294. The Labute approximate surface area is 119 Å². The predicted octanol–water partition coefficient (Wildman–Crippen LogP) is 2.55. The molecule has 1 heterocycles. The van der Waals surface area contributed by atoms with Gasteiger partial charge in [-0.2, -0.15) is 5.10 Å². The number of nitrogens with zero attached hydrogens (tertiary/aromatic N) is 2. The van der Waals surface area contributed by atoms with Crippen molar-refractivity contribution in [1.82, 2.24) is 9.78 Å². The monoisotopic (exact) mass is 283 g/mol. The van der Waals surface area contributed by atoms with Crippen LogP contribution in [0.2, 0.25) is 5.15 Å². The third-order valence-electron chi connectivity index (χ3n) is 4.04. The summed E-state index contributed by atoms with van der Waals surface area (Å²) in [4.78, 5) is 12.2. The number of hydrogen-bond donors (Lipinski definition) is 1. The molecule has 1 aliphatic rings. The molecular formula is C14H22ClN3O. The standard InChI is InChI=1S/C14H22ClN3O/c1-10-12(13(15)18(2)17-10)8-11(19)9-14(16)6-4-3-5-7-14/h3-9,16H2,1-2H3. The van der Waals surface area contributed by atoms with E-state index in [2.05, 4.69) is 5.10 Å². The molecule has 5 heteroatoms. The number of Topliss-reactive ketones (excluding diaryl/α,β-unsaturated/α-hetero) is 1. The van der Waals surface area contributed by atoms with E-state index in [9.17, 15) is 4.79 Å². The highest BCUT2D eigenvalue weighted by Gasteiger charge is 2.30. The molecule has 19 heavy (non-hydrogen) atoms. The highest BCUT2D eigenvalue weighted by atomic mass is 35.5. The van der Waals surface area contributed by atoms with E-state index in [4.69, 9.17) is 17.3 Å². The topological polar surface area (TPSA) is 60.9 Å². The maximum absolute atomic E-state index is 12.2. The molecule has 0 aromatic carbocycles. The number of nitrogens with two attached hydrogens (primary N) is 1. The minimum Gasteiger partial charge on any atom is -0.325 e. The lowest BCUT2D eigenvalue weighted by atomic mass is 9.78. The maximum Gasteiger partial charge on any atom is 0.139 e. The molecule has 1 aromatic rings. The van der Waals surface area contributed by atoms with Gasteiger partial charge in [-0.05, 0) is 19.8 Å². The van der Waals surface area contributed by atoms with Crippen molar-refractivity contribution in [2.45, 2.75) is 57.4 Å². The Balaban J connectivity index is 2.01. The van der Waals surface area contributed by atoms with Crippen LogP contribution in [0.3, 0.4) is 0 Å². The quantitative estimate of drug-likeness (QED) is 0.924. The van der Waals surface area contributed by atoms with Gasteiger partial charge in [-0.3, -0.25) is 9.48 Å². The summed E-state index contributed by atoms with van der Waals surface area (Å²) in [5, 5.41) is 4.79. The second-order valence-corrected chi connectivity index (χ2v) is 6.15. The van der Waals surface area contributed by atoms with Crippen molar-refractivity contribution in [2.75, 3.05) is 0 Å². The van der Waals surface area contributed by atoms with Gasteiger partial charge in [0.25, 0.3) is 0 Å². The summed E-state index contributed by atoms with van der Waals surface area (Å²) >= 11 is 6.15. The first-order valence-corrected chi connectivity index (χ1v) is 7.28. The molecule has 0 radical (unpaired) electrons. The zero-order chi connectivity index (χ0) is 14.0. The summed E-state index contributed by atoms with van der Waals surface area (Å²) in [7, 11) is 1.79. The van der Waals surface area contributed by atoms with Crippen molar-refractivity contribution < 1.29 is 4.79 Å². The number of carbonyl (C=O) groups excluding carboxylic acids is 1. The first-order chi connectivity index (χ1) is 8.91. The second-order valence-electron chi connectivity index (χ2n) is 5.79. The number of halogens is 1. The smallest absolute Gasteiger partial charge is 0.139 e. The third kappa shape index (κ3) is 3.37. The minimum absolute atomic E-state index is 0.169.